The summed E-state index contributed by atoms with van der Waals surface area (Å²) in [4.78, 5) is 14.9. The van der Waals surface area contributed by atoms with E-state index in [9.17, 15) is 13.2 Å². The molecule has 0 saturated heterocycles. The molecule has 0 heterocycles. The molecule has 1 N–H and O–H groups in total. The Kier molecular flexibility index (Phi) is 8.63. The lowest BCUT2D eigenvalue weighted by Crippen LogP contribution is -2.34. The van der Waals surface area contributed by atoms with Crippen molar-refractivity contribution in [2.24, 2.45) is 5.92 Å². The van der Waals surface area contributed by atoms with Crippen LogP contribution in [0.3, 0.4) is 0 Å². The Labute approximate surface area is 196 Å². The number of hydrogen-bond acceptors (Lipinski definition) is 4. The number of carbonyl (C=O) groups excluding carboxylic acids is 1. The Bertz CT molecular complexity index is 1070. The van der Waals surface area contributed by atoms with Gasteiger partial charge in [0.05, 0.1) is 4.90 Å². The van der Waals surface area contributed by atoms with Gasteiger partial charge in [0.15, 0.2) is 6.61 Å². The number of rotatable bonds is 11. The Morgan fingerprint density at radius 1 is 0.848 bits per heavy atom. The lowest BCUT2D eigenvalue weighted by molar-refractivity contribution is -0.134. The molecule has 7 heteroatoms. The van der Waals surface area contributed by atoms with Crippen molar-refractivity contribution < 1.29 is 17.9 Å². The molecular formula is C26H30N2O4S. The molecule has 33 heavy (non-hydrogen) atoms. The third kappa shape index (κ3) is 7.73. The van der Waals surface area contributed by atoms with Gasteiger partial charge in [-0.2, -0.15) is 0 Å². The van der Waals surface area contributed by atoms with E-state index >= 15 is 0 Å². The molecule has 0 radical (unpaired) electrons. The SMILES string of the molecule is CC(C)CNS(=O)(=O)c1ccc(OCC(=O)N(Cc2ccccc2)Cc2ccccc2)cc1. The molecule has 1 amide bonds. The van der Waals surface area contributed by atoms with Gasteiger partial charge in [-0.3, -0.25) is 4.79 Å². The zero-order valence-electron chi connectivity index (χ0n) is 19.0. The summed E-state index contributed by atoms with van der Waals surface area (Å²) in [6.07, 6.45) is 0. The molecule has 0 spiro atoms. The lowest BCUT2D eigenvalue weighted by atomic mass is 10.1. The van der Waals surface area contributed by atoms with Gasteiger partial charge in [0.25, 0.3) is 5.91 Å². The molecule has 3 rings (SSSR count). The Morgan fingerprint density at radius 2 is 1.36 bits per heavy atom. The largest absolute Gasteiger partial charge is 0.484 e. The highest BCUT2D eigenvalue weighted by Gasteiger charge is 2.17. The monoisotopic (exact) mass is 466 g/mol. The second-order valence-electron chi connectivity index (χ2n) is 8.23. The van der Waals surface area contributed by atoms with Crippen LogP contribution in [0, 0.1) is 5.92 Å². The zero-order chi connectivity index (χ0) is 23.7. The van der Waals surface area contributed by atoms with E-state index in [1.54, 1.807) is 17.0 Å². The number of nitrogens with one attached hydrogen (secondary N) is 1. The highest BCUT2D eigenvalue weighted by atomic mass is 32.2. The smallest absolute Gasteiger partial charge is 0.261 e. The van der Waals surface area contributed by atoms with E-state index in [0.29, 0.717) is 25.4 Å². The van der Waals surface area contributed by atoms with Crippen LogP contribution in [0.1, 0.15) is 25.0 Å². The van der Waals surface area contributed by atoms with Crippen LogP contribution in [0.4, 0.5) is 0 Å². The quantitative estimate of drug-likeness (QED) is 0.459. The fraction of sp³-hybridized carbons (Fsp3) is 0.269. The highest BCUT2D eigenvalue weighted by molar-refractivity contribution is 7.89. The fourth-order valence-corrected chi connectivity index (χ4v) is 4.36. The molecule has 0 atom stereocenters. The van der Waals surface area contributed by atoms with Crippen molar-refractivity contribution in [2.45, 2.75) is 31.8 Å². The first-order valence-corrected chi connectivity index (χ1v) is 12.4. The maximum absolute atomic E-state index is 13.0. The average molecular weight is 467 g/mol. The van der Waals surface area contributed by atoms with Gasteiger partial charge in [0.2, 0.25) is 10.0 Å². The number of carbonyl (C=O) groups is 1. The van der Waals surface area contributed by atoms with Crippen molar-refractivity contribution in [2.75, 3.05) is 13.2 Å². The summed E-state index contributed by atoms with van der Waals surface area (Å²) in [6.45, 7) is 5.04. The highest BCUT2D eigenvalue weighted by Crippen LogP contribution is 2.17. The van der Waals surface area contributed by atoms with Crippen LogP contribution < -0.4 is 9.46 Å². The van der Waals surface area contributed by atoms with Crippen molar-refractivity contribution in [3.05, 3.63) is 96.1 Å². The predicted molar refractivity (Wildman–Crippen MR) is 129 cm³/mol. The number of sulfonamides is 1. The van der Waals surface area contributed by atoms with Crippen LogP contribution in [0.5, 0.6) is 5.75 Å². The molecule has 0 bridgehead atoms. The second-order valence-corrected chi connectivity index (χ2v) is 9.99. The predicted octanol–water partition coefficient (Wildman–Crippen LogP) is 4.23. The van der Waals surface area contributed by atoms with E-state index in [4.69, 9.17) is 4.74 Å². The summed E-state index contributed by atoms with van der Waals surface area (Å²) in [5, 5.41) is 0. The second kappa shape index (κ2) is 11.6. The molecule has 0 saturated carbocycles. The van der Waals surface area contributed by atoms with Crippen molar-refractivity contribution in [1.82, 2.24) is 9.62 Å². The first-order valence-electron chi connectivity index (χ1n) is 10.9. The van der Waals surface area contributed by atoms with Crippen LogP contribution in [0.25, 0.3) is 0 Å². The number of benzene rings is 3. The first kappa shape index (κ1) is 24.5. The summed E-state index contributed by atoms with van der Waals surface area (Å²) in [5.41, 5.74) is 2.07. The minimum absolute atomic E-state index is 0.142. The molecule has 6 nitrogen and oxygen atoms in total. The summed E-state index contributed by atoms with van der Waals surface area (Å²) >= 11 is 0. The lowest BCUT2D eigenvalue weighted by Gasteiger charge is -2.23. The van der Waals surface area contributed by atoms with E-state index in [2.05, 4.69) is 4.72 Å². The maximum Gasteiger partial charge on any atom is 0.261 e. The number of amides is 1. The van der Waals surface area contributed by atoms with Crippen LogP contribution in [-0.4, -0.2) is 32.4 Å². The van der Waals surface area contributed by atoms with Gasteiger partial charge in [0.1, 0.15) is 5.75 Å². The topological polar surface area (TPSA) is 75.7 Å². The summed E-state index contributed by atoms with van der Waals surface area (Å²) in [7, 11) is -3.57. The van der Waals surface area contributed by atoms with E-state index in [1.165, 1.54) is 12.1 Å². The number of nitrogens with zero attached hydrogens (tertiary/aromatic N) is 1. The van der Waals surface area contributed by atoms with Crippen LogP contribution in [0.2, 0.25) is 0 Å². The third-order valence-corrected chi connectivity index (χ3v) is 6.40. The Morgan fingerprint density at radius 3 is 1.85 bits per heavy atom. The summed E-state index contributed by atoms with van der Waals surface area (Å²) in [6, 6.07) is 25.7. The fourth-order valence-electron chi connectivity index (χ4n) is 3.15. The molecule has 174 valence electrons. The van der Waals surface area contributed by atoms with Crippen LogP contribution in [0.15, 0.2) is 89.8 Å². The molecule has 3 aromatic rings. The molecule has 3 aromatic carbocycles. The third-order valence-electron chi connectivity index (χ3n) is 4.96. The molecule has 0 aromatic heterocycles. The van der Waals surface area contributed by atoms with Crippen molar-refractivity contribution in [3.63, 3.8) is 0 Å². The minimum atomic E-state index is -3.57. The standard InChI is InChI=1S/C26H30N2O4S/c1-21(2)17-27-33(30,31)25-15-13-24(14-16-25)32-20-26(29)28(18-22-9-5-3-6-10-22)19-23-11-7-4-8-12-23/h3-16,21,27H,17-20H2,1-2H3. The molecule has 0 fully saturated rings. The van der Waals surface area contributed by atoms with Crippen LogP contribution in [-0.2, 0) is 27.9 Å². The van der Waals surface area contributed by atoms with Crippen molar-refractivity contribution >= 4 is 15.9 Å². The molecule has 0 unspecified atom stereocenters. The first-order chi connectivity index (χ1) is 15.8. The minimum Gasteiger partial charge on any atom is -0.484 e. The van der Waals surface area contributed by atoms with Gasteiger partial charge in [-0.05, 0) is 41.3 Å². The van der Waals surface area contributed by atoms with Crippen molar-refractivity contribution in [1.29, 1.82) is 0 Å². The van der Waals surface area contributed by atoms with Gasteiger partial charge in [-0.25, -0.2) is 13.1 Å². The van der Waals surface area contributed by atoms with Gasteiger partial charge in [-0.15, -0.1) is 0 Å². The molecule has 0 aliphatic heterocycles. The van der Waals surface area contributed by atoms with Crippen LogP contribution >= 0.6 is 0 Å². The zero-order valence-corrected chi connectivity index (χ0v) is 19.8. The Balaban J connectivity index is 1.64. The number of hydrogen-bond donors (Lipinski definition) is 1. The normalized spacial score (nSPS) is 11.4. The number of ether oxygens (including phenoxy) is 1. The van der Waals surface area contributed by atoms with E-state index < -0.39 is 10.0 Å². The Hall–Kier alpha value is -3.16. The van der Waals surface area contributed by atoms with Gasteiger partial charge in [0, 0.05) is 19.6 Å². The van der Waals surface area contributed by atoms with E-state index in [0.717, 1.165) is 11.1 Å². The van der Waals surface area contributed by atoms with Gasteiger partial charge in [-0.1, -0.05) is 74.5 Å². The van der Waals surface area contributed by atoms with Crippen molar-refractivity contribution in [3.8, 4) is 5.75 Å². The summed E-state index contributed by atoms with van der Waals surface area (Å²) in [5.74, 6) is 0.492. The molecular weight excluding hydrogens is 436 g/mol. The van der Waals surface area contributed by atoms with Gasteiger partial charge >= 0.3 is 0 Å². The average Bonchev–Trinajstić information content (AvgIpc) is 2.82. The van der Waals surface area contributed by atoms with E-state index in [-0.39, 0.29) is 23.3 Å². The summed E-state index contributed by atoms with van der Waals surface area (Å²) < 4.78 is 32.9. The van der Waals surface area contributed by atoms with E-state index in [1.807, 2.05) is 74.5 Å². The maximum atomic E-state index is 13.0. The van der Waals surface area contributed by atoms with Gasteiger partial charge < -0.3 is 9.64 Å². The molecule has 0 aliphatic carbocycles. The molecule has 0 aliphatic rings.